The second-order valence-electron chi connectivity index (χ2n) is 7.25. The summed E-state index contributed by atoms with van der Waals surface area (Å²) in [5.41, 5.74) is 4.30. The van der Waals surface area contributed by atoms with E-state index in [0.29, 0.717) is 17.3 Å². The van der Waals surface area contributed by atoms with Crippen LogP contribution in [0.4, 0.5) is 10.5 Å². The largest absolute Gasteiger partial charge is 0.497 e. The van der Waals surface area contributed by atoms with Crippen LogP contribution in [0.5, 0.6) is 5.75 Å². The number of nitrogens with one attached hydrogen (secondary N) is 2. The van der Waals surface area contributed by atoms with E-state index in [1.54, 1.807) is 25.4 Å². The maximum atomic E-state index is 12.9. The molecule has 32 heavy (non-hydrogen) atoms. The molecule has 0 saturated carbocycles. The van der Waals surface area contributed by atoms with Crippen molar-refractivity contribution in [1.29, 1.82) is 0 Å². The monoisotopic (exact) mass is 423 g/mol. The first-order chi connectivity index (χ1) is 15.7. The number of carbonyl (C=O) groups excluding carboxylic acids is 1. The number of fused-ring (bicyclic) bond motifs is 3. The number of aliphatic imine (C=N–C) groups is 1. The normalized spacial score (nSPS) is 14.4. The number of rotatable bonds is 4. The van der Waals surface area contributed by atoms with Crippen molar-refractivity contribution in [3.8, 4) is 11.4 Å². The molecular formula is C25H21N5O2. The van der Waals surface area contributed by atoms with E-state index < -0.39 is 6.17 Å². The number of hydrogen-bond acceptors (Lipinski definition) is 4. The van der Waals surface area contributed by atoms with Gasteiger partial charge in [0.15, 0.2) is 12.0 Å². The number of para-hydroxylation sites is 1. The highest BCUT2D eigenvalue weighted by Crippen LogP contribution is 2.29. The standard InChI is InChI=1S/C25H21N5O2/c1-32-19-11-7-10-18(16-19)27-25(31)29-23-24-26-14-15-30(24)21-13-6-5-12-20(21)22(28-23)17-8-3-2-4-9-17/h2-16,23H,1H3,(H2,27,29,31)/t23-/m0/s1. The van der Waals surface area contributed by atoms with Crippen LogP contribution in [0.3, 0.4) is 0 Å². The predicted molar refractivity (Wildman–Crippen MR) is 124 cm³/mol. The molecule has 0 radical (unpaired) electrons. The Hall–Kier alpha value is -4.39. The van der Waals surface area contributed by atoms with E-state index >= 15 is 0 Å². The highest BCUT2D eigenvalue weighted by molar-refractivity contribution is 6.15. The minimum atomic E-state index is -0.682. The summed E-state index contributed by atoms with van der Waals surface area (Å²) in [7, 11) is 1.59. The maximum absolute atomic E-state index is 12.9. The van der Waals surface area contributed by atoms with Crippen molar-refractivity contribution in [2.75, 3.05) is 12.4 Å². The van der Waals surface area contributed by atoms with Crippen LogP contribution < -0.4 is 15.4 Å². The molecule has 2 heterocycles. The number of anilines is 1. The third kappa shape index (κ3) is 3.72. The second-order valence-corrected chi connectivity index (χ2v) is 7.25. The first kappa shape index (κ1) is 19.6. The summed E-state index contributed by atoms with van der Waals surface area (Å²) in [6.07, 6.45) is 2.91. The molecule has 7 nitrogen and oxygen atoms in total. The number of methoxy groups -OCH3 is 1. The van der Waals surface area contributed by atoms with Gasteiger partial charge in [-0.25, -0.2) is 9.78 Å². The molecule has 0 unspecified atom stereocenters. The van der Waals surface area contributed by atoms with E-state index in [2.05, 4.69) is 15.6 Å². The Kier molecular flexibility index (Phi) is 5.13. The van der Waals surface area contributed by atoms with Crippen LogP contribution in [0.25, 0.3) is 5.69 Å². The van der Waals surface area contributed by atoms with E-state index in [-0.39, 0.29) is 6.03 Å². The van der Waals surface area contributed by atoms with E-state index in [9.17, 15) is 4.79 Å². The number of ether oxygens (including phenoxy) is 1. The lowest BCUT2D eigenvalue weighted by molar-refractivity contribution is 0.248. The number of amides is 2. The van der Waals surface area contributed by atoms with Gasteiger partial charge in [-0.15, -0.1) is 0 Å². The molecule has 1 aliphatic heterocycles. The van der Waals surface area contributed by atoms with Gasteiger partial charge in [-0.3, -0.25) is 9.56 Å². The molecule has 1 aromatic heterocycles. The fourth-order valence-corrected chi connectivity index (χ4v) is 3.78. The lowest BCUT2D eigenvalue weighted by atomic mass is 10.0. The van der Waals surface area contributed by atoms with Crippen molar-refractivity contribution >= 4 is 17.4 Å². The summed E-state index contributed by atoms with van der Waals surface area (Å²) in [6.45, 7) is 0. The first-order valence-corrected chi connectivity index (χ1v) is 10.2. The van der Waals surface area contributed by atoms with Crippen LogP contribution in [0.2, 0.25) is 0 Å². The van der Waals surface area contributed by atoms with Crippen molar-refractivity contribution in [2.24, 2.45) is 4.99 Å². The van der Waals surface area contributed by atoms with Crippen LogP contribution in [-0.4, -0.2) is 28.4 Å². The number of carbonyl (C=O) groups is 1. The van der Waals surface area contributed by atoms with Gasteiger partial charge in [0.1, 0.15) is 5.75 Å². The van der Waals surface area contributed by atoms with Gasteiger partial charge in [0.05, 0.1) is 18.5 Å². The average molecular weight is 423 g/mol. The third-order valence-corrected chi connectivity index (χ3v) is 5.23. The molecule has 0 bridgehead atoms. The van der Waals surface area contributed by atoms with Crippen LogP contribution in [0.15, 0.2) is 96.2 Å². The van der Waals surface area contributed by atoms with Crippen molar-refractivity contribution in [3.05, 3.63) is 108 Å². The van der Waals surface area contributed by atoms with E-state index in [1.807, 2.05) is 77.5 Å². The van der Waals surface area contributed by atoms with Crippen molar-refractivity contribution in [2.45, 2.75) is 6.17 Å². The number of hydrogen-bond donors (Lipinski definition) is 2. The molecule has 1 aliphatic rings. The SMILES string of the molecule is COc1cccc(NC(=O)N[C@@H]2N=C(c3ccccc3)c3ccccc3-n3ccnc32)c1. The number of benzene rings is 3. The Morgan fingerprint density at radius 2 is 1.81 bits per heavy atom. The average Bonchev–Trinajstić information content (AvgIpc) is 3.28. The zero-order chi connectivity index (χ0) is 21.9. The maximum Gasteiger partial charge on any atom is 0.321 e. The van der Waals surface area contributed by atoms with Gasteiger partial charge in [0.2, 0.25) is 0 Å². The Morgan fingerprint density at radius 1 is 1.00 bits per heavy atom. The van der Waals surface area contributed by atoms with Crippen molar-refractivity contribution in [3.63, 3.8) is 0 Å². The molecule has 7 heteroatoms. The second kappa shape index (κ2) is 8.39. The van der Waals surface area contributed by atoms with Crippen LogP contribution in [0, 0.1) is 0 Å². The number of urea groups is 1. The summed E-state index contributed by atoms with van der Waals surface area (Å²) in [6, 6.07) is 24.8. The van der Waals surface area contributed by atoms with Crippen LogP contribution in [0.1, 0.15) is 23.1 Å². The summed E-state index contributed by atoms with van der Waals surface area (Å²) >= 11 is 0. The van der Waals surface area contributed by atoms with Gasteiger partial charge < -0.3 is 15.4 Å². The highest BCUT2D eigenvalue weighted by atomic mass is 16.5. The molecule has 2 amide bonds. The Morgan fingerprint density at radius 3 is 2.66 bits per heavy atom. The number of aromatic nitrogens is 2. The van der Waals surface area contributed by atoms with Gasteiger partial charge in [0.25, 0.3) is 0 Å². The predicted octanol–water partition coefficient (Wildman–Crippen LogP) is 4.55. The molecule has 0 fully saturated rings. The molecule has 2 N–H and O–H groups in total. The summed E-state index contributed by atoms with van der Waals surface area (Å²) < 4.78 is 7.19. The lowest BCUT2D eigenvalue weighted by Crippen LogP contribution is -2.33. The van der Waals surface area contributed by atoms with Crippen molar-refractivity contribution in [1.82, 2.24) is 14.9 Å². The molecule has 1 atom stereocenters. The minimum absolute atomic E-state index is 0.389. The van der Waals surface area contributed by atoms with E-state index in [0.717, 1.165) is 22.5 Å². The quantitative estimate of drug-likeness (QED) is 0.505. The fourth-order valence-electron chi connectivity index (χ4n) is 3.78. The summed E-state index contributed by atoms with van der Waals surface area (Å²) in [5.74, 6) is 1.29. The lowest BCUT2D eigenvalue weighted by Gasteiger charge is -2.15. The zero-order valence-electron chi connectivity index (χ0n) is 17.4. The summed E-state index contributed by atoms with van der Waals surface area (Å²) in [5, 5.41) is 5.81. The first-order valence-electron chi connectivity index (χ1n) is 10.2. The Balaban J connectivity index is 1.53. The third-order valence-electron chi connectivity index (χ3n) is 5.23. The Labute approximate surface area is 185 Å². The zero-order valence-corrected chi connectivity index (χ0v) is 17.4. The van der Waals surface area contributed by atoms with Gasteiger partial charge in [-0.1, -0.05) is 54.6 Å². The number of nitrogens with zero attached hydrogens (tertiary/aromatic N) is 3. The van der Waals surface area contributed by atoms with Crippen LogP contribution >= 0.6 is 0 Å². The molecule has 0 aliphatic carbocycles. The van der Waals surface area contributed by atoms with E-state index in [4.69, 9.17) is 9.73 Å². The highest BCUT2D eigenvalue weighted by Gasteiger charge is 2.26. The van der Waals surface area contributed by atoms with Crippen LogP contribution in [-0.2, 0) is 0 Å². The molecule has 5 rings (SSSR count). The molecule has 0 spiro atoms. The minimum Gasteiger partial charge on any atom is -0.497 e. The molecular weight excluding hydrogens is 402 g/mol. The topological polar surface area (TPSA) is 80.5 Å². The smallest absolute Gasteiger partial charge is 0.321 e. The number of imidazole rings is 1. The molecule has 0 saturated heterocycles. The van der Waals surface area contributed by atoms with Gasteiger partial charge in [-0.2, -0.15) is 0 Å². The molecule has 4 aromatic rings. The van der Waals surface area contributed by atoms with Crippen molar-refractivity contribution < 1.29 is 9.53 Å². The molecule has 158 valence electrons. The summed E-state index contributed by atoms with van der Waals surface area (Å²) in [4.78, 5) is 22.3. The van der Waals surface area contributed by atoms with E-state index in [1.165, 1.54) is 0 Å². The van der Waals surface area contributed by atoms with Gasteiger partial charge in [0, 0.05) is 35.3 Å². The Bertz CT molecular complexity index is 1300. The molecule has 3 aromatic carbocycles. The van der Waals surface area contributed by atoms with Gasteiger partial charge in [-0.05, 0) is 18.2 Å². The fraction of sp³-hybridized carbons (Fsp3) is 0.0800. The van der Waals surface area contributed by atoms with Gasteiger partial charge >= 0.3 is 6.03 Å².